The number of halogens is 2. The summed E-state index contributed by atoms with van der Waals surface area (Å²) >= 11 is 0. The number of benzene rings is 3. The number of alkyl halides is 2. The van der Waals surface area contributed by atoms with Gasteiger partial charge in [-0.2, -0.15) is 10.5 Å². The summed E-state index contributed by atoms with van der Waals surface area (Å²) in [5.74, 6) is 0. The highest BCUT2D eigenvalue weighted by Crippen LogP contribution is 2.55. The Labute approximate surface area is 257 Å². The van der Waals surface area contributed by atoms with Crippen LogP contribution in [0.1, 0.15) is 62.1 Å². The highest BCUT2D eigenvalue weighted by atomic mass is 19.3. The van der Waals surface area contributed by atoms with E-state index in [9.17, 15) is 29.8 Å². The smallest absolute Gasteiger partial charge is 0.237 e. The van der Waals surface area contributed by atoms with Gasteiger partial charge in [0.15, 0.2) is 0 Å². The Morgan fingerprint density at radius 2 is 1.27 bits per heavy atom. The Morgan fingerprint density at radius 3 is 1.80 bits per heavy atom. The molecule has 0 aliphatic heterocycles. The Balaban J connectivity index is 1.93. The first-order valence-corrected chi connectivity index (χ1v) is 13.1. The summed E-state index contributed by atoms with van der Waals surface area (Å²) in [6, 6.07) is 19.8. The molecule has 0 spiro atoms. The highest BCUT2D eigenvalue weighted by Gasteiger charge is 2.37. The van der Waals surface area contributed by atoms with Crippen molar-refractivity contribution in [2.75, 3.05) is 0 Å². The van der Waals surface area contributed by atoms with Crippen molar-refractivity contribution in [2.45, 2.75) is 20.3 Å². The maximum Gasteiger partial charge on any atom is 0.270 e. The Hall–Kier alpha value is -7.09. The monoisotopic (exact) mass is 583 g/mol. The van der Waals surface area contributed by atoms with Crippen molar-refractivity contribution in [2.24, 2.45) is 0 Å². The predicted molar refractivity (Wildman–Crippen MR) is 163 cm³/mol. The molecule has 0 amide bonds. The van der Waals surface area contributed by atoms with Gasteiger partial charge in [-0.3, -0.25) is 0 Å². The largest absolute Gasteiger partial charge is 0.270 e. The third-order valence-corrected chi connectivity index (χ3v) is 7.83. The molecule has 0 unspecified atom stereocenters. The van der Waals surface area contributed by atoms with E-state index in [0.29, 0.717) is 22.3 Å². The molecule has 9 heteroatoms. The quantitative estimate of drug-likeness (QED) is 0.227. The molecular formula is C36H15F2N7. The molecule has 0 atom stereocenters. The second kappa shape index (κ2) is 11.3. The van der Waals surface area contributed by atoms with Gasteiger partial charge in [0, 0.05) is 11.1 Å². The first-order valence-electron chi connectivity index (χ1n) is 13.1. The fourth-order valence-corrected chi connectivity index (χ4v) is 5.66. The molecule has 5 rings (SSSR count). The van der Waals surface area contributed by atoms with Crippen LogP contribution in [0.3, 0.4) is 0 Å². The van der Waals surface area contributed by atoms with Crippen molar-refractivity contribution in [1.29, 1.82) is 21.0 Å². The second-order valence-electron chi connectivity index (χ2n) is 10.0. The van der Waals surface area contributed by atoms with Crippen molar-refractivity contribution in [1.82, 2.24) is 0 Å². The van der Waals surface area contributed by atoms with Crippen LogP contribution in [0, 0.1) is 78.9 Å². The van der Waals surface area contributed by atoms with Crippen molar-refractivity contribution in [3.8, 4) is 24.3 Å². The molecule has 3 aromatic rings. The molecule has 7 nitrogen and oxygen atoms in total. The molecule has 0 bridgehead atoms. The summed E-state index contributed by atoms with van der Waals surface area (Å²) in [7, 11) is 0. The predicted octanol–water partition coefficient (Wildman–Crippen LogP) is 8.67. The van der Waals surface area contributed by atoms with Gasteiger partial charge in [0.05, 0.1) is 49.1 Å². The molecule has 0 saturated heterocycles. The van der Waals surface area contributed by atoms with Gasteiger partial charge < -0.3 is 0 Å². The number of allylic oxidation sites excluding steroid dienone is 7. The summed E-state index contributed by atoms with van der Waals surface area (Å²) in [5.41, 5.74) is 3.00. The van der Waals surface area contributed by atoms with Gasteiger partial charge in [0.1, 0.15) is 6.07 Å². The van der Waals surface area contributed by atoms with Crippen LogP contribution in [0.25, 0.3) is 48.1 Å². The number of fused-ring (bicyclic) bond motifs is 2. The summed E-state index contributed by atoms with van der Waals surface area (Å²) < 4.78 is 27.9. The number of nitriles is 4. The lowest BCUT2D eigenvalue weighted by molar-refractivity contribution is 0.151. The molecule has 0 saturated carbocycles. The van der Waals surface area contributed by atoms with Crippen LogP contribution in [0.2, 0.25) is 0 Å². The van der Waals surface area contributed by atoms with Crippen LogP contribution in [0.15, 0.2) is 59.9 Å². The molecule has 45 heavy (non-hydrogen) atoms. The number of nitrogens with zero attached hydrogens (tertiary/aromatic N) is 7. The molecular weight excluding hydrogens is 568 g/mol. The zero-order valence-electron chi connectivity index (χ0n) is 23.6. The van der Waals surface area contributed by atoms with E-state index in [-0.39, 0.29) is 55.9 Å². The van der Waals surface area contributed by atoms with Crippen LogP contribution < -0.4 is 0 Å². The maximum atomic E-state index is 13.9. The number of hydrogen-bond donors (Lipinski definition) is 0. The third-order valence-electron chi connectivity index (χ3n) is 7.83. The summed E-state index contributed by atoms with van der Waals surface area (Å²) in [6.07, 6.45) is -3.01. The number of hydrogen-bond acceptors (Lipinski definition) is 4. The van der Waals surface area contributed by atoms with Gasteiger partial charge in [-0.05, 0) is 93.3 Å². The first kappa shape index (κ1) is 29.4. The van der Waals surface area contributed by atoms with E-state index in [1.54, 1.807) is 24.3 Å². The average molecular weight is 584 g/mol. The van der Waals surface area contributed by atoms with Gasteiger partial charge in [0.2, 0.25) is 5.70 Å². The summed E-state index contributed by atoms with van der Waals surface area (Å²) in [6.45, 7) is 27.4. The van der Waals surface area contributed by atoms with Crippen molar-refractivity contribution >= 4 is 33.6 Å². The van der Waals surface area contributed by atoms with Crippen molar-refractivity contribution < 1.29 is 8.78 Å². The summed E-state index contributed by atoms with van der Waals surface area (Å²) in [4.78, 5) is 10.6. The van der Waals surface area contributed by atoms with Crippen LogP contribution in [0.4, 0.5) is 8.78 Å². The molecule has 2 aliphatic rings. The second-order valence-corrected chi connectivity index (χ2v) is 10.0. The van der Waals surface area contributed by atoms with E-state index in [0.717, 1.165) is 17.2 Å². The molecule has 0 aromatic heterocycles. The fraction of sp³-hybridized carbons (Fsp3) is 0.0833. The van der Waals surface area contributed by atoms with Crippen LogP contribution in [-0.4, -0.2) is 0 Å². The van der Waals surface area contributed by atoms with Gasteiger partial charge >= 0.3 is 0 Å². The van der Waals surface area contributed by atoms with Gasteiger partial charge in [0.25, 0.3) is 17.8 Å². The van der Waals surface area contributed by atoms with Crippen LogP contribution in [-0.2, 0) is 0 Å². The lowest BCUT2D eigenvalue weighted by Crippen LogP contribution is -1.96. The van der Waals surface area contributed by atoms with Gasteiger partial charge in [-0.25, -0.2) is 33.8 Å². The molecule has 3 aromatic carbocycles. The number of aryl methyl sites for hydroxylation is 2. The van der Waals surface area contributed by atoms with E-state index in [1.807, 2.05) is 38.1 Å². The normalized spacial score (nSPS) is 15.1. The van der Waals surface area contributed by atoms with Crippen LogP contribution in [0.5, 0.6) is 0 Å². The highest BCUT2D eigenvalue weighted by molar-refractivity contribution is 6.29. The van der Waals surface area contributed by atoms with Crippen molar-refractivity contribution in [3.63, 3.8) is 0 Å². The molecule has 0 heterocycles. The lowest BCUT2D eigenvalue weighted by Gasteiger charge is -2.14. The average Bonchev–Trinajstić information content (AvgIpc) is 3.54. The zero-order valence-corrected chi connectivity index (χ0v) is 23.6. The van der Waals surface area contributed by atoms with E-state index >= 15 is 0 Å². The topological polar surface area (TPSA) is 108 Å². The van der Waals surface area contributed by atoms with E-state index in [4.69, 9.17) is 19.7 Å². The number of rotatable bonds is 3. The molecule has 0 radical (unpaired) electrons. The Morgan fingerprint density at radius 1 is 0.689 bits per heavy atom. The van der Waals surface area contributed by atoms with E-state index in [1.165, 1.54) is 12.1 Å². The van der Waals surface area contributed by atoms with Crippen molar-refractivity contribution in [3.05, 3.63) is 150 Å². The molecule has 208 valence electrons. The van der Waals surface area contributed by atoms with E-state index < -0.39 is 17.7 Å². The summed E-state index contributed by atoms with van der Waals surface area (Å²) in [5, 5.41) is 39.7. The minimum atomic E-state index is -3.01. The molecule has 0 N–H and O–H groups in total. The lowest BCUT2D eigenvalue weighted by atomic mass is 9.90. The van der Waals surface area contributed by atoms with E-state index in [2.05, 4.69) is 20.6 Å². The zero-order chi connectivity index (χ0) is 32.6. The van der Waals surface area contributed by atoms with Crippen LogP contribution >= 0.6 is 0 Å². The minimum Gasteiger partial charge on any atom is -0.237 e. The minimum absolute atomic E-state index is 0.0106. The third kappa shape index (κ3) is 4.42. The fourth-order valence-electron chi connectivity index (χ4n) is 5.66. The first-order chi connectivity index (χ1) is 21.7. The molecule has 2 aliphatic carbocycles. The Kier molecular flexibility index (Phi) is 7.38. The SMILES string of the molecule is [C-]#[N+]C1=C(c2ccc(C)c(C)c2)/C(=C(/C#N)[N+]#[C-])c2cc3c(cc21)C(C#N)=C(c1ccc(C#N)c(C(F)F)c1)/C3=C(\C#N)[N+]#[C-]. The Bertz CT molecular complexity index is 2300. The standard InChI is InChI=1S/C36H15F2N7/c1-18-6-7-20(10-19(18)2)32-34(30(17-42)44-4)26-13-25-24(12-27(26)35(32)45-5)28(15-40)31(33(25)29(16-41)43-3)21-8-9-22(14-39)23(11-21)36(37)38/h6-13,36H,1-2H3/b33-29+,34-30-. The van der Waals surface area contributed by atoms with Gasteiger partial charge in [-0.1, -0.05) is 30.3 Å². The molecule has 0 fully saturated rings. The maximum absolute atomic E-state index is 13.9. The van der Waals surface area contributed by atoms with Gasteiger partial charge in [-0.15, -0.1) is 0 Å².